The molecule has 140 valence electrons. The van der Waals surface area contributed by atoms with Gasteiger partial charge in [0.1, 0.15) is 5.82 Å². The Balaban J connectivity index is 2.33. The third-order valence-corrected chi connectivity index (χ3v) is 5.69. The average molecular weight is 389 g/mol. The molecule has 0 unspecified atom stereocenters. The molecule has 8 nitrogen and oxygen atoms in total. The SMILES string of the molecule is CCS(=O)(=O)c1cc(C)c2nnc(C(N)=O)c(Nc3cncc(F)c3)c2c1. The number of primary amides is 1. The van der Waals surface area contributed by atoms with Crippen molar-refractivity contribution in [2.45, 2.75) is 18.7 Å². The van der Waals surface area contributed by atoms with Gasteiger partial charge in [-0.3, -0.25) is 9.78 Å². The lowest BCUT2D eigenvalue weighted by Gasteiger charge is -2.14. The smallest absolute Gasteiger partial charge is 0.271 e. The Morgan fingerprint density at radius 2 is 1.96 bits per heavy atom. The molecule has 2 heterocycles. The predicted molar refractivity (Wildman–Crippen MR) is 98.0 cm³/mol. The summed E-state index contributed by atoms with van der Waals surface area (Å²) in [5, 5.41) is 11.0. The van der Waals surface area contributed by atoms with E-state index in [0.717, 1.165) is 6.20 Å². The number of aryl methyl sites for hydroxylation is 1. The molecule has 0 saturated carbocycles. The normalized spacial score (nSPS) is 11.5. The summed E-state index contributed by atoms with van der Waals surface area (Å²) >= 11 is 0. The fourth-order valence-electron chi connectivity index (χ4n) is 2.62. The lowest BCUT2D eigenvalue weighted by atomic mass is 10.1. The number of carbonyl (C=O) groups is 1. The fraction of sp³-hybridized carbons (Fsp3) is 0.176. The molecular formula is C17H16FN5O3S. The van der Waals surface area contributed by atoms with E-state index in [-0.39, 0.29) is 27.7 Å². The van der Waals surface area contributed by atoms with Gasteiger partial charge in [0.05, 0.1) is 39.9 Å². The topological polar surface area (TPSA) is 128 Å². The largest absolute Gasteiger partial charge is 0.364 e. The number of carbonyl (C=O) groups excluding carboxylic acids is 1. The second-order valence-electron chi connectivity index (χ2n) is 5.84. The van der Waals surface area contributed by atoms with Crippen molar-refractivity contribution < 1.29 is 17.6 Å². The molecule has 0 atom stereocenters. The summed E-state index contributed by atoms with van der Waals surface area (Å²) in [4.78, 5) is 15.6. The van der Waals surface area contributed by atoms with Gasteiger partial charge >= 0.3 is 0 Å². The van der Waals surface area contributed by atoms with Gasteiger partial charge in [-0.15, -0.1) is 10.2 Å². The predicted octanol–water partition coefficient (Wildman–Crippen LogP) is 2.11. The Morgan fingerprint density at radius 3 is 2.59 bits per heavy atom. The summed E-state index contributed by atoms with van der Waals surface area (Å²) in [6.45, 7) is 3.22. The lowest BCUT2D eigenvalue weighted by Crippen LogP contribution is -2.17. The summed E-state index contributed by atoms with van der Waals surface area (Å²) in [6, 6.07) is 4.06. The summed E-state index contributed by atoms with van der Waals surface area (Å²) in [5.41, 5.74) is 6.52. The number of aromatic nitrogens is 3. The van der Waals surface area contributed by atoms with Crippen molar-refractivity contribution in [3.63, 3.8) is 0 Å². The Bertz CT molecular complexity index is 1160. The van der Waals surface area contributed by atoms with E-state index < -0.39 is 21.6 Å². The van der Waals surface area contributed by atoms with Gasteiger partial charge in [0, 0.05) is 11.5 Å². The van der Waals surface area contributed by atoms with E-state index >= 15 is 0 Å². The first-order chi connectivity index (χ1) is 12.7. The number of pyridine rings is 1. The summed E-state index contributed by atoms with van der Waals surface area (Å²) in [7, 11) is -3.51. The highest BCUT2D eigenvalue weighted by Crippen LogP contribution is 2.31. The van der Waals surface area contributed by atoms with Gasteiger partial charge in [0.2, 0.25) is 0 Å². The minimum atomic E-state index is -3.51. The Labute approximate surface area is 154 Å². The van der Waals surface area contributed by atoms with Crippen molar-refractivity contribution in [3.8, 4) is 0 Å². The second-order valence-corrected chi connectivity index (χ2v) is 8.12. The van der Waals surface area contributed by atoms with Crippen molar-refractivity contribution in [1.82, 2.24) is 15.2 Å². The summed E-state index contributed by atoms with van der Waals surface area (Å²) < 4.78 is 38.1. The van der Waals surface area contributed by atoms with Gasteiger partial charge in [-0.25, -0.2) is 12.8 Å². The maximum Gasteiger partial charge on any atom is 0.271 e. The molecular weight excluding hydrogens is 373 g/mol. The first-order valence-electron chi connectivity index (χ1n) is 7.94. The monoisotopic (exact) mass is 389 g/mol. The molecule has 0 aliphatic carbocycles. The lowest BCUT2D eigenvalue weighted by molar-refractivity contribution is 0.0995. The van der Waals surface area contributed by atoms with Gasteiger partial charge in [-0.05, 0) is 24.6 Å². The number of fused-ring (bicyclic) bond motifs is 1. The molecule has 27 heavy (non-hydrogen) atoms. The molecule has 1 amide bonds. The fourth-order valence-corrected chi connectivity index (χ4v) is 3.60. The number of hydrogen-bond donors (Lipinski definition) is 2. The third kappa shape index (κ3) is 3.56. The highest BCUT2D eigenvalue weighted by molar-refractivity contribution is 7.91. The number of nitrogens with two attached hydrogens (primary N) is 1. The number of rotatable bonds is 5. The Kier molecular flexibility index (Phi) is 4.75. The molecule has 0 fully saturated rings. The van der Waals surface area contributed by atoms with Gasteiger partial charge in [0.25, 0.3) is 5.91 Å². The molecule has 3 aromatic rings. The zero-order valence-corrected chi connectivity index (χ0v) is 15.3. The van der Waals surface area contributed by atoms with Gasteiger partial charge in [-0.1, -0.05) is 6.92 Å². The summed E-state index contributed by atoms with van der Waals surface area (Å²) in [5.74, 6) is -1.54. The number of benzene rings is 1. The standard InChI is InChI=1S/C17H16FN5O3S/c1-3-27(25,26)12-4-9(2)14-13(6-12)15(16(17(19)24)23-22-14)21-11-5-10(18)7-20-8-11/h4-8H,3H2,1-2H3,(H2,19,24)(H,21,22). The molecule has 0 aliphatic rings. The maximum absolute atomic E-state index is 13.5. The molecule has 0 radical (unpaired) electrons. The first kappa shape index (κ1) is 18.6. The Morgan fingerprint density at radius 1 is 1.22 bits per heavy atom. The number of nitrogens with one attached hydrogen (secondary N) is 1. The van der Waals surface area contributed by atoms with E-state index in [0.29, 0.717) is 16.5 Å². The maximum atomic E-state index is 13.5. The van der Waals surface area contributed by atoms with E-state index in [1.807, 2.05) is 0 Å². The van der Waals surface area contributed by atoms with Crippen LogP contribution in [0, 0.1) is 12.7 Å². The average Bonchev–Trinajstić information content (AvgIpc) is 2.61. The highest BCUT2D eigenvalue weighted by Gasteiger charge is 2.20. The quantitative estimate of drug-likeness (QED) is 0.684. The van der Waals surface area contributed by atoms with Crippen LogP contribution in [0.4, 0.5) is 15.8 Å². The van der Waals surface area contributed by atoms with Crippen molar-refractivity contribution in [2.24, 2.45) is 5.73 Å². The van der Waals surface area contributed by atoms with Crippen LogP contribution >= 0.6 is 0 Å². The van der Waals surface area contributed by atoms with Crippen molar-refractivity contribution in [3.05, 3.63) is 47.7 Å². The number of nitrogens with zero attached hydrogens (tertiary/aromatic N) is 3. The second kappa shape index (κ2) is 6.88. The number of amides is 1. The van der Waals surface area contributed by atoms with Crippen molar-refractivity contribution >= 4 is 38.0 Å². The van der Waals surface area contributed by atoms with Crippen LogP contribution in [-0.2, 0) is 9.84 Å². The van der Waals surface area contributed by atoms with E-state index in [4.69, 9.17) is 5.73 Å². The number of halogens is 1. The molecule has 10 heteroatoms. The molecule has 0 saturated heterocycles. The van der Waals surface area contributed by atoms with Crippen LogP contribution in [0.25, 0.3) is 10.9 Å². The minimum absolute atomic E-state index is 0.0823. The first-order valence-corrected chi connectivity index (χ1v) is 9.59. The van der Waals surface area contributed by atoms with E-state index in [1.165, 1.54) is 31.3 Å². The molecule has 2 aromatic heterocycles. The van der Waals surface area contributed by atoms with Crippen LogP contribution < -0.4 is 11.1 Å². The number of sulfone groups is 1. The van der Waals surface area contributed by atoms with Crippen LogP contribution in [0.5, 0.6) is 0 Å². The molecule has 3 N–H and O–H groups in total. The molecule has 3 rings (SSSR count). The van der Waals surface area contributed by atoms with E-state index in [9.17, 15) is 17.6 Å². The van der Waals surface area contributed by atoms with Gasteiger partial charge in [-0.2, -0.15) is 0 Å². The van der Waals surface area contributed by atoms with E-state index in [1.54, 1.807) is 6.92 Å². The highest BCUT2D eigenvalue weighted by atomic mass is 32.2. The van der Waals surface area contributed by atoms with Crippen LogP contribution in [0.1, 0.15) is 23.0 Å². The van der Waals surface area contributed by atoms with Crippen LogP contribution in [0.2, 0.25) is 0 Å². The molecule has 1 aromatic carbocycles. The number of anilines is 2. The molecule has 0 aliphatic heterocycles. The van der Waals surface area contributed by atoms with Gasteiger partial charge in [0.15, 0.2) is 15.5 Å². The third-order valence-electron chi connectivity index (χ3n) is 3.98. The molecule has 0 spiro atoms. The summed E-state index contributed by atoms with van der Waals surface area (Å²) in [6.07, 6.45) is 2.37. The zero-order chi connectivity index (χ0) is 19.8. The molecule has 0 bridgehead atoms. The van der Waals surface area contributed by atoms with E-state index in [2.05, 4.69) is 20.5 Å². The van der Waals surface area contributed by atoms with Gasteiger partial charge < -0.3 is 11.1 Å². The Hall–Kier alpha value is -3.14. The minimum Gasteiger partial charge on any atom is -0.364 e. The zero-order valence-electron chi connectivity index (χ0n) is 14.5. The van der Waals surface area contributed by atoms with Crippen LogP contribution in [0.3, 0.4) is 0 Å². The van der Waals surface area contributed by atoms with Crippen LogP contribution in [0.15, 0.2) is 35.5 Å². The van der Waals surface area contributed by atoms with Crippen molar-refractivity contribution in [2.75, 3.05) is 11.1 Å². The van der Waals surface area contributed by atoms with Crippen molar-refractivity contribution in [1.29, 1.82) is 0 Å². The number of hydrogen-bond acceptors (Lipinski definition) is 7. The van der Waals surface area contributed by atoms with Crippen LogP contribution in [-0.4, -0.2) is 35.3 Å².